The van der Waals surface area contributed by atoms with Gasteiger partial charge in [-0.3, -0.25) is 0 Å². The smallest absolute Gasteiger partial charge is 0.0996 e. The van der Waals surface area contributed by atoms with Crippen LogP contribution in [-0.4, -0.2) is 13.1 Å². The first kappa shape index (κ1) is 15.0. The molecule has 1 fully saturated rings. The summed E-state index contributed by atoms with van der Waals surface area (Å²) in [5.41, 5.74) is 3.46. The normalized spacial score (nSPS) is 16.2. The van der Waals surface area contributed by atoms with E-state index in [0.717, 1.165) is 19.9 Å². The van der Waals surface area contributed by atoms with Gasteiger partial charge in [-0.15, -0.1) is 11.3 Å². The van der Waals surface area contributed by atoms with Gasteiger partial charge in [0.1, 0.15) is 0 Å². The van der Waals surface area contributed by atoms with Crippen LogP contribution in [0.4, 0.5) is 11.4 Å². The number of rotatable bonds is 4. The third-order valence-corrected chi connectivity index (χ3v) is 5.39. The van der Waals surface area contributed by atoms with Gasteiger partial charge in [0.15, 0.2) is 0 Å². The standard InChI is InChI=1S/C16H18Cl2N2S/c1-11(14-10-15(17)21-16(14)18)19-12-4-6-13(7-5-12)20-8-2-3-9-20/h4-7,10-11,19H,2-3,8-9H2,1H3. The number of hydrogen-bond donors (Lipinski definition) is 1. The Morgan fingerprint density at radius 1 is 1.14 bits per heavy atom. The Labute approximate surface area is 139 Å². The van der Waals surface area contributed by atoms with Crippen molar-refractivity contribution in [1.82, 2.24) is 0 Å². The summed E-state index contributed by atoms with van der Waals surface area (Å²) in [5.74, 6) is 0. The SMILES string of the molecule is CC(Nc1ccc(N2CCCC2)cc1)c1cc(Cl)sc1Cl. The molecule has 0 spiro atoms. The summed E-state index contributed by atoms with van der Waals surface area (Å²) in [6.07, 6.45) is 2.60. The van der Waals surface area contributed by atoms with E-state index in [9.17, 15) is 0 Å². The molecule has 1 aliphatic heterocycles. The van der Waals surface area contributed by atoms with E-state index in [-0.39, 0.29) is 6.04 Å². The van der Waals surface area contributed by atoms with Crippen LogP contribution in [0.3, 0.4) is 0 Å². The molecule has 5 heteroatoms. The fourth-order valence-corrected chi connectivity index (χ4v) is 4.37. The Morgan fingerprint density at radius 2 is 1.81 bits per heavy atom. The van der Waals surface area contributed by atoms with E-state index < -0.39 is 0 Å². The molecule has 0 radical (unpaired) electrons. The highest BCUT2D eigenvalue weighted by Gasteiger charge is 2.14. The van der Waals surface area contributed by atoms with Gasteiger partial charge in [0.25, 0.3) is 0 Å². The Bertz CT molecular complexity index is 603. The number of anilines is 2. The highest BCUT2D eigenvalue weighted by Crippen LogP contribution is 2.36. The van der Waals surface area contributed by atoms with Gasteiger partial charge in [-0.05, 0) is 50.1 Å². The first-order valence-electron chi connectivity index (χ1n) is 7.20. The van der Waals surface area contributed by atoms with Gasteiger partial charge in [0, 0.05) is 30.0 Å². The van der Waals surface area contributed by atoms with E-state index in [1.165, 1.54) is 43.0 Å². The molecule has 0 saturated carbocycles. The first-order valence-corrected chi connectivity index (χ1v) is 8.77. The van der Waals surface area contributed by atoms with Crippen LogP contribution in [0.1, 0.15) is 31.4 Å². The number of thiophene rings is 1. The van der Waals surface area contributed by atoms with Crippen LogP contribution in [0, 0.1) is 0 Å². The highest BCUT2D eigenvalue weighted by molar-refractivity contribution is 7.20. The molecule has 0 bridgehead atoms. The van der Waals surface area contributed by atoms with E-state index in [1.54, 1.807) is 0 Å². The fourth-order valence-electron chi connectivity index (χ4n) is 2.72. The molecule has 21 heavy (non-hydrogen) atoms. The summed E-state index contributed by atoms with van der Waals surface area (Å²) >= 11 is 13.6. The quantitative estimate of drug-likeness (QED) is 0.753. The molecule has 1 aliphatic rings. The van der Waals surface area contributed by atoms with Crippen LogP contribution in [0.2, 0.25) is 8.67 Å². The molecule has 1 atom stereocenters. The van der Waals surface area contributed by atoms with Gasteiger partial charge in [0.2, 0.25) is 0 Å². The maximum absolute atomic E-state index is 6.20. The zero-order valence-corrected chi connectivity index (χ0v) is 14.2. The van der Waals surface area contributed by atoms with E-state index >= 15 is 0 Å². The first-order chi connectivity index (χ1) is 10.1. The van der Waals surface area contributed by atoms with E-state index in [2.05, 4.69) is 41.4 Å². The van der Waals surface area contributed by atoms with Crippen LogP contribution in [0.25, 0.3) is 0 Å². The second-order valence-corrected chi connectivity index (χ2v) is 7.67. The van der Waals surface area contributed by atoms with Crippen LogP contribution >= 0.6 is 34.5 Å². The summed E-state index contributed by atoms with van der Waals surface area (Å²) in [6, 6.07) is 10.7. The van der Waals surface area contributed by atoms with Crippen molar-refractivity contribution in [3.05, 3.63) is 44.6 Å². The van der Waals surface area contributed by atoms with Crippen LogP contribution in [0.15, 0.2) is 30.3 Å². The van der Waals surface area contributed by atoms with Crippen molar-refractivity contribution in [3.63, 3.8) is 0 Å². The van der Waals surface area contributed by atoms with Crippen molar-refractivity contribution in [2.45, 2.75) is 25.8 Å². The molecular weight excluding hydrogens is 323 g/mol. The molecule has 0 amide bonds. The predicted octanol–water partition coefficient (Wildman–Crippen LogP) is 5.83. The molecule has 1 saturated heterocycles. The molecule has 0 aliphatic carbocycles. The van der Waals surface area contributed by atoms with Crippen molar-refractivity contribution in [2.24, 2.45) is 0 Å². The molecule has 1 unspecified atom stereocenters. The summed E-state index contributed by atoms with van der Waals surface area (Å²) in [6.45, 7) is 4.44. The zero-order chi connectivity index (χ0) is 14.8. The molecule has 1 aromatic carbocycles. The molecule has 3 rings (SSSR count). The van der Waals surface area contributed by atoms with Gasteiger partial charge in [0.05, 0.1) is 14.7 Å². The third kappa shape index (κ3) is 3.47. The van der Waals surface area contributed by atoms with Gasteiger partial charge < -0.3 is 10.2 Å². The van der Waals surface area contributed by atoms with Crippen LogP contribution < -0.4 is 10.2 Å². The van der Waals surface area contributed by atoms with Gasteiger partial charge in [-0.2, -0.15) is 0 Å². The van der Waals surface area contributed by atoms with Gasteiger partial charge in [-0.1, -0.05) is 23.2 Å². The lowest BCUT2D eigenvalue weighted by Crippen LogP contribution is -2.17. The maximum atomic E-state index is 6.20. The molecule has 2 nitrogen and oxygen atoms in total. The maximum Gasteiger partial charge on any atom is 0.0996 e. The predicted molar refractivity (Wildman–Crippen MR) is 94.3 cm³/mol. The van der Waals surface area contributed by atoms with Crippen molar-refractivity contribution in [1.29, 1.82) is 0 Å². The molecule has 1 aromatic heterocycles. The number of halogens is 2. The lowest BCUT2D eigenvalue weighted by atomic mass is 10.1. The average Bonchev–Trinajstić information content (AvgIpc) is 3.09. The van der Waals surface area contributed by atoms with Crippen molar-refractivity contribution >= 4 is 45.9 Å². The summed E-state index contributed by atoms with van der Waals surface area (Å²) < 4.78 is 1.49. The lowest BCUT2D eigenvalue weighted by molar-refractivity contribution is 0.890. The second kappa shape index (κ2) is 6.47. The molecule has 112 valence electrons. The lowest BCUT2D eigenvalue weighted by Gasteiger charge is -2.19. The Balaban J connectivity index is 1.68. The average molecular weight is 341 g/mol. The fraction of sp³-hybridized carbons (Fsp3) is 0.375. The monoisotopic (exact) mass is 340 g/mol. The summed E-state index contributed by atoms with van der Waals surface area (Å²) in [5, 5.41) is 3.48. The number of nitrogens with zero attached hydrogens (tertiary/aromatic N) is 1. The van der Waals surface area contributed by atoms with Gasteiger partial charge >= 0.3 is 0 Å². The molecule has 1 N–H and O–H groups in total. The number of benzene rings is 1. The van der Waals surface area contributed by atoms with Crippen molar-refractivity contribution in [2.75, 3.05) is 23.3 Å². The molecule has 2 aromatic rings. The Morgan fingerprint density at radius 3 is 2.38 bits per heavy atom. The Hall–Kier alpha value is -0.900. The largest absolute Gasteiger partial charge is 0.378 e. The van der Waals surface area contributed by atoms with E-state index in [0.29, 0.717) is 0 Å². The topological polar surface area (TPSA) is 15.3 Å². The minimum Gasteiger partial charge on any atom is -0.378 e. The summed E-state index contributed by atoms with van der Waals surface area (Å²) in [4.78, 5) is 2.43. The summed E-state index contributed by atoms with van der Waals surface area (Å²) in [7, 11) is 0. The van der Waals surface area contributed by atoms with Crippen LogP contribution in [-0.2, 0) is 0 Å². The minimum atomic E-state index is 0.138. The Kier molecular flexibility index (Phi) is 4.63. The van der Waals surface area contributed by atoms with Crippen molar-refractivity contribution in [3.8, 4) is 0 Å². The van der Waals surface area contributed by atoms with Crippen molar-refractivity contribution < 1.29 is 0 Å². The second-order valence-electron chi connectivity index (χ2n) is 5.39. The number of nitrogens with one attached hydrogen (secondary N) is 1. The minimum absolute atomic E-state index is 0.138. The number of hydrogen-bond acceptors (Lipinski definition) is 3. The molecular formula is C16H18Cl2N2S. The van der Waals surface area contributed by atoms with Crippen LogP contribution in [0.5, 0.6) is 0 Å². The zero-order valence-electron chi connectivity index (χ0n) is 11.9. The third-order valence-electron chi connectivity index (χ3n) is 3.87. The molecule has 2 heterocycles. The van der Waals surface area contributed by atoms with Gasteiger partial charge in [-0.25, -0.2) is 0 Å². The van der Waals surface area contributed by atoms with E-state index in [4.69, 9.17) is 23.2 Å². The highest BCUT2D eigenvalue weighted by atomic mass is 35.5. The van der Waals surface area contributed by atoms with E-state index in [1.807, 2.05) is 6.07 Å².